The van der Waals surface area contributed by atoms with Gasteiger partial charge in [-0.25, -0.2) is 4.79 Å². The highest BCUT2D eigenvalue weighted by Gasteiger charge is 2.22. The van der Waals surface area contributed by atoms with E-state index < -0.39 is 6.09 Å². The maximum atomic E-state index is 12.6. The van der Waals surface area contributed by atoms with E-state index in [-0.39, 0.29) is 19.0 Å². The van der Waals surface area contributed by atoms with E-state index in [4.69, 9.17) is 9.47 Å². The van der Waals surface area contributed by atoms with Gasteiger partial charge in [-0.1, -0.05) is 49.4 Å². The van der Waals surface area contributed by atoms with Gasteiger partial charge in [0.25, 0.3) is 0 Å². The minimum absolute atomic E-state index is 0.187. The number of benzene rings is 2. The van der Waals surface area contributed by atoms with Crippen LogP contribution >= 0.6 is 0 Å². The molecule has 0 bridgehead atoms. The molecule has 0 unspecified atom stereocenters. The van der Waals surface area contributed by atoms with Crippen molar-refractivity contribution in [3.8, 4) is 5.75 Å². The topological polar surface area (TPSA) is 55.8 Å². The summed E-state index contributed by atoms with van der Waals surface area (Å²) in [5.41, 5.74) is 2.30. The number of hydrogen-bond acceptors (Lipinski definition) is 4. The highest BCUT2D eigenvalue weighted by molar-refractivity contribution is 5.91. The van der Waals surface area contributed by atoms with Crippen LogP contribution in [0.5, 0.6) is 5.75 Å². The molecule has 2 rings (SSSR count). The Bertz CT molecular complexity index is 728. The van der Waals surface area contributed by atoms with Crippen molar-refractivity contribution < 1.29 is 19.1 Å². The molecule has 0 saturated carbocycles. The minimum Gasteiger partial charge on any atom is -0.444 e. The van der Waals surface area contributed by atoms with E-state index in [0.29, 0.717) is 18.0 Å². The number of carbonyl (C=O) groups excluding carboxylic acids is 2. The summed E-state index contributed by atoms with van der Waals surface area (Å²) in [5, 5.41) is 0. The van der Waals surface area contributed by atoms with Crippen LogP contribution in [0.1, 0.15) is 31.4 Å². The van der Waals surface area contributed by atoms with Gasteiger partial charge in [-0.2, -0.15) is 0 Å². The lowest BCUT2D eigenvalue weighted by Crippen LogP contribution is -2.32. The fourth-order valence-electron chi connectivity index (χ4n) is 2.43. The third-order valence-electron chi connectivity index (χ3n) is 3.72. The van der Waals surface area contributed by atoms with Gasteiger partial charge in [0.2, 0.25) is 0 Å². The Hall–Kier alpha value is -2.82. The summed E-state index contributed by atoms with van der Waals surface area (Å²) in [6.07, 6.45) is -0.215. The fraction of sp³-hybridized carbons (Fsp3) is 0.300. The number of para-hydroxylation sites is 1. The Labute approximate surface area is 148 Å². The number of rotatable bonds is 6. The highest BCUT2D eigenvalue weighted by atomic mass is 16.6. The molecular formula is C20H23NO4. The number of aryl methyl sites for hydroxylation is 1. The second-order valence-corrected chi connectivity index (χ2v) is 5.53. The third kappa shape index (κ3) is 4.83. The van der Waals surface area contributed by atoms with E-state index in [0.717, 1.165) is 11.1 Å². The molecule has 5 heteroatoms. The molecule has 0 N–H and O–H groups in total. The molecule has 25 heavy (non-hydrogen) atoms. The van der Waals surface area contributed by atoms with E-state index in [9.17, 15) is 9.59 Å². The molecule has 0 radical (unpaired) electrons. The number of hydrogen-bond donors (Lipinski definition) is 0. The molecule has 2 aromatic carbocycles. The van der Waals surface area contributed by atoms with Gasteiger partial charge in [-0.05, 0) is 31.0 Å². The van der Waals surface area contributed by atoms with Crippen LogP contribution in [0.15, 0.2) is 48.5 Å². The van der Waals surface area contributed by atoms with Crippen molar-refractivity contribution >= 4 is 17.7 Å². The lowest BCUT2D eigenvalue weighted by molar-refractivity contribution is -0.133. The number of nitrogens with zero attached hydrogens (tertiary/aromatic N) is 1. The first-order valence-electron chi connectivity index (χ1n) is 8.35. The van der Waals surface area contributed by atoms with Crippen molar-refractivity contribution in [2.45, 2.75) is 33.8 Å². The number of carbonyl (C=O) groups is 2. The van der Waals surface area contributed by atoms with Gasteiger partial charge >= 0.3 is 12.1 Å². The largest absolute Gasteiger partial charge is 0.444 e. The maximum absolute atomic E-state index is 12.6. The minimum atomic E-state index is -0.477. The van der Waals surface area contributed by atoms with E-state index >= 15 is 0 Å². The summed E-state index contributed by atoms with van der Waals surface area (Å²) in [7, 11) is 0. The summed E-state index contributed by atoms with van der Waals surface area (Å²) in [5.74, 6) is 0.0194. The zero-order chi connectivity index (χ0) is 18.2. The average Bonchev–Trinajstić information content (AvgIpc) is 2.63. The van der Waals surface area contributed by atoms with Crippen LogP contribution in [0, 0.1) is 6.92 Å². The van der Waals surface area contributed by atoms with Gasteiger partial charge < -0.3 is 9.47 Å². The second kappa shape index (κ2) is 8.87. The van der Waals surface area contributed by atoms with E-state index in [1.54, 1.807) is 19.1 Å². The Morgan fingerprint density at radius 3 is 2.36 bits per heavy atom. The second-order valence-electron chi connectivity index (χ2n) is 5.53. The van der Waals surface area contributed by atoms with Crippen LogP contribution in [-0.4, -0.2) is 18.6 Å². The summed E-state index contributed by atoms with van der Waals surface area (Å²) >= 11 is 0. The van der Waals surface area contributed by atoms with Gasteiger partial charge in [-0.15, -0.1) is 0 Å². The summed E-state index contributed by atoms with van der Waals surface area (Å²) in [6, 6.07) is 14.8. The monoisotopic (exact) mass is 341 g/mol. The van der Waals surface area contributed by atoms with Crippen molar-refractivity contribution in [2.24, 2.45) is 0 Å². The first-order chi connectivity index (χ1) is 12.1. The highest BCUT2D eigenvalue weighted by Crippen LogP contribution is 2.32. The smallest absolute Gasteiger partial charge is 0.414 e. The van der Waals surface area contributed by atoms with Crippen LogP contribution in [-0.2, 0) is 16.1 Å². The number of esters is 1. The standard InChI is InChI=1S/C20H23NO4/c1-4-18(22)25-17-13-9-10-15(3)19(17)21(5-2)20(23)24-14-16-11-7-6-8-12-16/h6-13H,4-5,14H2,1-3H3. The van der Waals surface area contributed by atoms with Crippen LogP contribution in [0.25, 0.3) is 0 Å². The molecule has 5 nitrogen and oxygen atoms in total. The molecule has 0 aliphatic carbocycles. The van der Waals surface area contributed by atoms with Crippen molar-refractivity contribution in [1.82, 2.24) is 0 Å². The first-order valence-corrected chi connectivity index (χ1v) is 8.35. The molecule has 2 aromatic rings. The molecule has 0 saturated heterocycles. The molecule has 0 aromatic heterocycles. The molecule has 1 amide bonds. The predicted octanol–water partition coefficient (Wildman–Crippen LogP) is 4.47. The Morgan fingerprint density at radius 1 is 1.00 bits per heavy atom. The van der Waals surface area contributed by atoms with Gasteiger partial charge in [0.1, 0.15) is 6.61 Å². The Kier molecular flexibility index (Phi) is 6.57. The lowest BCUT2D eigenvalue weighted by atomic mass is 10.1. The lowest BCUT2D eigenvalue weighted by Gasteiger charge is -2.24. The van der Waals surface area contributed by atoms with E-state index in [2.05, 4.69) is 0 Å². The van der Waals surface area contributed by atoms with Crippen LogP contribution < -0.4 is 9.64 Å². The molecule has 0 aliphatic heterocycles. The van der Waals surface area contributed by atoms with Gasteiger partial charge in [0.15, 0.2) is 5.75 Å². The summed E-state index contributed by atoms with van der Waals surface area (Å²) in [4.78, 5) is 25.7. The van der Waals surface area contributed by atoms with Crippen LogP contribution in [0.3, 0.4) is 0 Å². The van der Waals surface area contributed by atoms with Crippen LogP contribution in [0.2, 0.25) is 0 Å². The molecule has 0 spiro atoms. The maximum Gasteiger partial charge on any atom is 0.414 e. The van der Waals surface area contributed by atoms with Crippen molar-refractivity contribution in [3.05, 3.63) is 59.7 Å². The first kappa shape index (κ1) is 18.5. The third-order valence-corrected chi connectivity index (χ3v) is 3.72. The Morgan fingerprint density at radius 2 is 1.72 bits per heavy atom. The van der Waals surface area contributed by atoms with Gasteiger partial charge in [-0.3, -0.25) is 9.69 Å². The molecule has 0 heterocycles. The van der Waals surface area contributed by atoms with Crippen molar-refractivity contribution in [3.63, 3.8) is 0 Å². The number of amides is 1. The normalized spacial score (nSPS) is 10.2. The summed E-state index contributed by atoms with van der Waals surface area (Å²) < 4.78 is 10.8. The average molecular weight is 341 g/mol. The molecule has 0 atom stereocenters. The van der Waals surface area contributed by atoms with Crippen molar-refractivity contribution in [1.29, 1.82) is 0 Å². The predicted molar refractivity (Wildman–Crippen MR) is 96.8 cm³/mol. The van der Waals surface area contributed by atoms with Gasteiger partial charge in [0, 0.05) is 13.0 Å². The zero-order valence-electron chi connectivity index (χ0n) is 14.8. The Balaban J connectivity index is 2.21. The molecule has 0 aliphatic rings. The molecule has 0 fully saturated rings. The van der Waals surface area contributed by atoms with E-state index in [1.807, 2.05) is 50.2 Å². The summed E-state index contributed by atoms with van der Waals surface area (Å²) in [6.45, 7) is 6.03. The molecule has 132 valence electrons. The number of anilines is 1. The zero-order valence-corrected chi connectivity index (χ0v) is 14.8. The SMILES string of the molecule is CCC(=O)Oc1cccc(C)c1N(CC)C(=O)OCc1ccccc1. The van der Waals surface area contributed by atoms with Gasteiger partial charge in [0.05, 0.1) is 5.69 Å². The van der Waals surface area contributed by atoms with E-state index in [1.165, 1.54) is 4.90 Å². The quantitative estimate of drug-likeness (QED) is 0.574. The number of ether oxygens (including phenoxy) is 2. The van der Waals surface area contributed by atoms with Crippen molar-refractivity contribution in [2.75, 3.05) is 11.4 Å². The molecular weight excluding hydrogens is 318 g/mol. The fourth-order valence-corrected chi connectivity index (χ4v) is 2.43. The van der Waals surface area contributed by atoms with Crippen LogP contribution in [0.4, 0.5) is 10.5 Å².